The lowest BCUT2D eigenvalue weighted by molar-refractivity contribution is -0.192. The maximum absolute atomic E-state index is 13.3. The van der Waals surface area contributed by atoms with Gasteiger partial charge in [-0.3, -0.25) is 43.7 Å². The first-order valence-corrected chi connectivity index (χ1v) is 25.0. The number of benzene rings is 2. The fourth-order valence-corrected chi connectivity index (χ4v) is 12.1. The average molecular weight is 1010 g/mol. The van der Waals surface area contributed by atoms with Gasteiger partial charge in [0.1, 0.15) is 0 Å². The van der Waals surface area contributed by atoms with Crippen molar-refractivity contribution in [3.05, 3.63) is 58.8 Å². The third kappa shape index (κ3) is 11.3. The molecule has 2 aromatic carbocycles. The van der Waals surface area contributed by atoms with Crippen LogP contribution in [0.2, 0.25) is 0 Å². The number of carboxylic acids is 4. The number of carboxylic acid groups (broad SMARTS) is 4. The number of likely N-dealkylation sites (tertiary alicyclic amines) is 1. The van der Waals surface area contributed by atoms with Crippen LogP contribution in [0.25, 0.3) is 10.9 Å². The van der Waals surface area contributed by atoms with Crippen LogP contribution in [-0.2, 0) is 48.8 Å². The second kappa shape index (κ2) is 21.9. The standard InChI is InChI=1S/C48H65N7O10.C2HF3O2/c56-37-12-11-33-25-38-48(64)26-35-34-7-3-4-8-36(34)55(44(35)46-47(48,43(33)45(37)65-46)13-16-54(38)27-32-9-10-32)15-6-2-1-5-14-49-39(57)28-50-17-19-51(29-40(58)59)21-23-53(31-42(62)63)24-22-52(20-18-50)30-41(60)61;3-2(4,5)1(6)7/h3-4,7-8,11-12,32,38,46,56,64H,1-2,5-6,9-10,13-31H2,(H,49,57)(H,58,59)(H,60,61)(H,62,63);(H,6,7)/t38-,46-,47-,48+;/m0./s1. The molecular weight excluding hydrogens is 948 g/mol. The smallest absolute Gasteiger partial charge is 0.490 e. The van der Waals surface area contributed by atoms with Gasteiger partial charge in [-0.25, -0.2) is 4.79 Å². The van der Waals surface area contributed by atoms with Gasteiger partial charge in [0.25, 0.3) is 0 Å². The van der Waals surface area contributed by atoms with Crippen LogP contribution in [0.3, 0.4) is 0 Å². The van der Waals surface area contributed by atoms with Crippen LogP contribution in [0.15, 0.2) is 36.4 Å². The third-order valence-electron chi connectivity index (χ3n) is 15.6. The molecule has 9 rings (SSSR count). The number of aliphatic hydroxyl groups is 1. The number of aromatic nitrogens is 1. The van der Waals surface area contributed by atoms with Crippen molar-refractivity contribution in [2.45, 2.75) is 93.7 Å². The third-order valence-corrected chi connectivity index (χ3v) is 15.6. The number of unbranched alkanes of at least 4 members (excludes halogenated alkanes) is 3. The molecule has 1 amide bonds. The monoisotopic (exact) mass is 1010 g/mol. The number of carbonyl (C=O) groups is 5. The molecule has 3 aliphatic heterocycles. The molecule has 2 saturated heterocycles. The van der Waals surface area contributed by atoms with Crippen LogP contribution < -0.4 is 10.1 Å². The second-order valence-corrected chi connectivity index (χ2v) is 20.3. The number of carbonyl (C=O) groups excluding carboxylic acids is 1. The molecule has 72 heavy (non-hydrogen) atoms. The number of para-hydroxylation sites is 1. The molecule has 3 aliphatic carbocycles. The molecule has 3 fully saturated rings. The average Bonchev–Trinajstić information content (AvgIpc) is 3.98. The molecule has 3 aromatic rings. The maximum Gasteiger partial charge on any atom is 0.490 e. The summed E-state index contributed by atoms with van der Waals surface area (Å²) in [6.07, 6.45) is 2.62. The van der Waals surface area contributed by atoms with E-state index in [0.717, 1.165) is 85.9 Å². The molecule has 1 spiro atoms. The molecule has 394 valence electrons. The van der Waals surface area contributed by atoms with Gasteiger partial charge in [-0.1, -0.05) is 37.1 Å². The lowest BCUT2D eigenvalue weighted by Gasteiger charge is -2.63. The number of fused-ring (bicyclic) bond motifs is 4. The summed E-state index contributed by atoms with van der Waals surface area (Å²) >= 11 is 0. The zero-order valence-corrected chi connectivity index (χ0v) is 40.3. The molecule has 4 atom stereocenters. The first-order valence-electron chi connectivity index (χ1n) is 25.0. The Bertz CT molecular complexity index is 2470. The maximum atomic E-state index is 13.3. The summed E-state index contributed by atoms with van der Waals surface area (Å²) in [7, 11) is 0. The number of phenolic OH excluding ortho intramolecular Hbond substituents is 1. The Morgan fingerprint density at radius 2 is 1.29 bits per heavy atom. The van der Waals surface area contributed by atoms with Gasteiger partial charge in [-0.15, -0.1) is 0 Å². The van der Waals surface area contributed by atoms with Crippen LogP contribution >= 0.6 is 0 Å². The lowest BCUT2D eigenvalue weighted by atomic mass is 9.49. The number of hydrogen-bond donors (Lipinski definition) is 7. The topological polar surface area (TPSA) is 249 Å². The Hall–Kier alpha value is -5.52. The highest BCUT2D eigenvalue weighted by atomic mass is 19.4. The van der Waals surface area contributed by atoms with E-state index in [1.807, 2.05) is 4.90 Å². The van der Waals surface area contributed by atoms with Gasteiger partial charge in [0.05, 0.1) is 42.9 Å². The van der Waals surface area contributed by atoms with E-state index in [1.54, 1.807) is 20.8 Å². The van der Waals surface area contributed by atoms with Gasteiger partial charge in [0, 0.05) is 101 Å². The highest BCUT2D eigenvalue weighted by Gasteiger charge is 2.73. The van der Waals surface area contributed by atoms with E-state index < -0.39 is 47.2 Å². The number of amides is 1. The van der Waals surface area contributed by atoms with Crippen molar-refractivity contribution in [1.29, 1.82) is 0 Å². The summed E-state index contributed by atoms with van der Waals surface area (Å²) in [6.45, 7) is 5.36. The van der Waals surface area contributed by atoms with Gasteiger partial charge in [-0.05, 0) is 74.2 Å². The number of alkyl halides is 3. The number of phenols is 1. The van der Waals surface area contributed by atoms with Crippen molar-refractivity contribution < 1.29 is 72.5 Å². The number of hydrogen-bond acceptors (Lipinski definition) is 13. The predicted octanol–water partition coefficient (Wildman–Crippen LogP) is 2.83. The molecule has 19 nitrogen and oxygen atoms in total. The minimum absolute atomic E-state index is 0.0256. The molecule has 0 unspecified atom stereocenters. The molecule has 0 radical (unpaired) electrons. The van der Waals surface area contributed by atoms with Gasteiger partial charge < -0.3 is 45.3 Å². The summed E-state index contributed by atoms with van der Waals surface area (Å²) in [4.78, 5) is 66.7. The summed E-state index contributed by atoms with van der Waals surface area (Å²) in [5.41, 5.74) is 3.93. The number of nitrogens with one attached hydrogen (secondary N) is 1. The number of ether oxygens (including phenoxy) is 1. The molecule has 2 bridgehead atoms. The Balaban J connectivity index is 0.000000923. The normalized spacial score (nSPS) is 24.9. The van der Waals surface area contributed by atoms with Crippen LogP contribution in [0.5, 0.6) is 11.5 Å². The summed E-state index contributed by atoms with van der Waals surface area (Å²) in [5, 5.41) is 64.4. The number of aromatic hydroxyl groups is 1. The summed E-state index contributed by atoms with van der Waals surface area (Å²) < 4.78 is 41.1. The molecule has 4 heterocycles. The van der Waals surface area contributed by atoms with E-state index in [4.69, 9.17) is 14.6 Å². The zero-order valence-electron chi connectivity index (χ0n) is 40.3. The van der Waals surface area contributed by atoms with Crippen molar-refractivity contribution in [1.82, 2.24) is 34.4 Å². The van der Waals surface area contributed by atoms with Crippen molar-refractivity contribution in [3.63, 3.8) is 0 Å². The van der Waals surface area contributed by atoms with E-state index in [0.29, 0.717) is 77.0 Å². The number of piperidine rings is 1. The van der Waals surface area contributed by atoms with Crippen LogP contribution in [0, 0.1) is 5.92 Å². The largest absolute Gasteiger partial charge is 0.504 e. The fraction of sp³-hybridized carbons (Fsp3) is 0.620. The van der Waals surface area contributed by atoms with Crippen molar-refractivity contribution in [2.24, 2.45) is 5.92 Å². The van der Waals surface area contributed by atoms with Crippen LogP contribution in [-0.4, -0.2) is 205 Å². The number of aliphatic carboxylic acids is 4. The fourth-order valence-electron chi connectivity index (χ4n) is 12.1. The second-order valence-electron chi connectivity index (χ2n) is 20.3. The van der Waals surface area contributed by atoms with E-state index in [9.17, 15) is 57.9 Å². The minimum Gasteiger partial charge on any atom is -0.504 e. The quantitative estimate of drug-likeness (QED) is 0.0961. The number of aryl methyl sites for hydroxylation is 1. The summed E-state index contributed by atoms with van der Waals surface area (Å²) in [6, 6.07) is 12.3. The highest BCUT2D eigenvalue weighted by Crippen LogP contribution is 2.69. The lowest BCUT2D eigenvalue weighted by Crippen LogP contribution is -2.74. The Kier molecular flexibility index (Phi) is 16.1. The Morgan fingerprint density at radius 1 is 0.736 bits per heavy atom. The zero-order chi connectivity index (χ0) is 51.5. The minimum atomic E-state index is -5.08. The molecular formula is C50H66F3N7O12. The molecule has 1 aromatic heterocycles. The number of halogens is 3. The van der Waals surface area contributed by atoms with Crippen molar-refractivity contribution >= 4 is 40.7 Å². The van der Waals surface area contributed by atoms with Crippen LogP contribution in [0.4, 0.5) is 13.2 Å². The molecule has 7 N–H and O–H groups in total. The van der Waals surface area contributed by atoms with E-state index in [-0.39, 0.29) is 43.9 Å². The van der Waals surface area contributed by atoms with Crippen LogP contribution in [0.1, 0.15) is 73.4 Å². The Morgan fingerprint density at radius 3 is 1.85 bits per heavy atom. The van der Waals surface area contributed by atoms with Crippen molar-refractivity contribution in [3.8, 4) is 11.5 Å². The van der Waals surface area contributed by atoms with E-state index in [2.05, 4.69) is 45.1 Å². The van der Waals surface area contributed by atoms with Gasteiger partial charge in [-0.2, -0.15) is 13.2 Å². The first kappa shape index (κ1) is 52.8. The van der Waals surface area contributed by atoms with E-state index in [1.165, 1.54) is 18.4 Å². The van der Waals surface area contributed by atoms with Gasteiger partial charge in [0.2, 0.25) is 5.91 Å². The number of rotatable bonds is 17. The molecule has 6 aliphatic rings. The molecule has 1 saturated carbocycles. The Labute approximate surface area is 414 Å². The van der Waals surface area contributed by atoms with Crippen molar-refractivity contribution in [2.75, 3.05) is 98.2 Å². The van der Waals surface area contributed by atoms with E-state index >= 15 is 0 Å². The predicted molar refractivity (Wildman–Crippen MR) is 254 cm³/mol. The van der Waals surface area contributed by atoms with Gasteiger partial charge >= 0.3 is 30.1 Å². The van der Waals surface area contributed by atoms with Gasteiger partial charge in [0.15, 0.2) is 17.6 Å². The first-order chi connectivity index (χ1) is 34.3. The SMILES string of the molecule is O=C(O)C(F)(F)F.O=C(O)CN1CCN(CC(=O)O)CCN(CC(=O)NCCCCCCn2c3c(c4ccccc42)C[C@@]2(O)[C@@H]4Cc5ccc(O)c6c5[C@@]2(CCN4CC2CC2)[C@H]3O6)CCN(CC(=O)O)CC1. The highest BCUT2D eigenvalue weighted by molar-refractivity contribution is 5.87. The molecule has 22 heteroatoms. The number of nitrogens with zero attached hydrogens (tertiary/aromatic N) is 6. The summed E-state index contributed by atoms with van der Waals surface area (Å²) in [5.74, 6) is -4.52.